The van der Waals surface area contributed by atoms with E-state index >= 15 is 0 Å². The van der Waals surface area contributed by atoms with E-state index in [0.29, 0.717) is 38.8 Å². The van der Waals surface area contributed by atoms with Gasteiger partial charge in [-0.25, -0.2) is 4.68 Å². The lowest BCUT2D eigenvalue weighted by Gasteiger charge is -2.14. The molecule has 1 unspecified atom stereocenters. The number of rotatable bonds is 11. The molecule has 0 bridgehead atoms. The largest absolute Gasteiger partial charge is 0.508 e. The van der Waals surface area contributed by atoms with Gasteiger partial charge in [0.25, 0.3) is 17.4 Å². The van der Waals surface area contributed by atoms with Gasteiger partial charge in [0.2, 0.25) is 5.91 Å². The number of aromatic hydroxyl groups is 1. The van der Waals surface area contributed by atoms with Gasteiger partial charge in [0.1, 0.15) is 22.9 Å². The second-order valence-corrected chi connectivity index (χ2v) is 12.4. The maximum absolute atomic E-state index is 13.6. The summed E-state index contributed by atoms with van der Waals surface area (Å²) in [7, 11) is 3.19. The molecule has 5 rings (SSSR count). The van der Waals surface area contributed by atoms with Crippen LogP contribution in [0.1, 0.15) is 28.5 Å². The Balaban J connectivity index is 1.32. The molecule has 0 saturated heterocycles. The zero-order chi connectivity index (χ0) is 35.1. The summed E-state index contributed by atoms with van der Waals surface area (Å²) < 4.78 is 8.55. The van der Waals surface area contributed by atoms with Gasteiger partial charge in [0.15, 0.2) is 0 Å². The Kier molecular flexibility index (Phi) is 10.7. The quantitative estimate of drug-likeness (QED) is 0.103. The van der Waals surface area contributed by atoms with Gasteiger partial charge in [-0.05, 0) is 74.5 Å². The highest BCUT2D eigenvalue weighted by molar-refractivity contribution is 8.00. The van der Waals surface area contributed by atoms with E-state index in [0.717, 1.165) is 0 Å². The lowest BCUT2D eigenvalue weighted by molar-refractivity contribution is -0.115. The maximum Gasteiger partial charge on any atom is 0.295 e. The number of hydrogen-bond acceptors (Lipinski definition) is 7. The molecule has 0 radical (unpaired) electrons. The van der Waals surface area contributed by atoms with Crippen LogP contribution in [0, 0.1) is 6.92 Å². The maximum atomic E-state index is 13.6. The van der Waals surface area contributed by atoms with E-state index in [2.05, 4.69) is 16.0 Å². The van der Waals surface area contributed by atoms with E-state index in [1.807, 2.05) is 30.3 Å². The molecule has 0 fully saturated rings. The highest BCUT2D eigenvalue weighted by Crippen LogP contribution is 2.28. The van der Waals surface area contributed by atoms with Crippen LogP contribution in [0.3, 0.4) is 0 Å². The third-order valence-corrected chi connectivity index (χ3v) is 8.72. The molecule has 0 spiro atoms. The first-order valence-corrected chi connectivity index (χ1v) is 16.1. The van der Waals surface area contributed by atoms with Crippen LogP contribution in [0.4, 0.5) is 11.4 Å². The fraction of sp³-hybridized carbons (Fsp3) is 0.135. The van der Waals surface area contributed by atoms with Crippen molar-refractivity contribution < 1.29 is 24.2 Å². The SMILES string of the molecule is COc1cc(O)ccc1/C=C(/NC(=O)c1ccccc1)C(=O)Nc1cccc(SC(C)C(=O)Nc2c(C)n(C)n(-c3ccccc3)c2=O)c1. The Morgan fingerprint density at radius 2 is 1.59 bits per heavy atom. The molecule has 1 aromatic heterocycles. The number of aromatic nitrogens is 2. The number of nitrogens with one attached hydrogen (secondary N) is 3. The Morgan fingerprint density at radius 3 is 2.29 bits per heavy atom. The zero-order valence-electron chi connectivity index (χ0n) is 27.3. The molecule has 0 aliphatic heterocycles. The van der Waals surface area contributed by atoms with Gasteiger partial charge < -0.3 is 25.8 Å². The number of phenols is 1. The van der Waals surface area contributed by atoms with Crippen LogP contribution in [0.15, 0.2) is 119 Å². The molecule has 49 heavy (non-hydrogen) atoms. The summed E-state index contributed by atoms with van der Waals surface area (Å²) in [4.78, 5) is 53.9. The molecule has 250 valence electrons. The molecular weight excluding hydrogens is 643 g/mol. The Labute approximate surface area is 287 Å². The number of ether oxygens (including phenoxy) is 1. The summed E-state index contributed by atoms with van der Waals surface area (Å²) in [5.41, 5.74) is 2.31. The molecule has 12 heteroatoms. The van der Waals surface area contributed by atoms with E-state index in [1.165, 1.54) is 41.8 Å². The van der Waals surface area contributed by atoms with Crippen LogP contribution >= 0.6 is 11.8 Å². The molecule has 1 heterocycles. The van der Waals surface area contributed by atoms with Gasteiger partial charge in [0.05, 0.1) is 23.7 Å². The van der Waals surface area contributed by atoms with Crippen LogP contribution in [0.2, 0.25) is 0 Å². The van der Waals surface area contributed by atoms with Gasteiger partial charge in [-0.3, -0.25) is 23.9 Å². The van der Waals surface area contributed by atoms with E-state index in [-0.39, 0.29) is 28.6 Å². The van der Waals surface area contributed by atoms with E-state index in [4.69, 9.17) is 4.74 Å². The van der Waals surface area contributed by atoms with Crippen LogP contribution in [0.25, 0.3) is 11.8 Å². The molecule has 4 N–H and O–H groups in total. The molecule has 0 aliphatic rings. The number of methoxy groups -OCH3 is 1. The standard InChI is InChI=1S/C37H35N5O6S/c1-23-33(37(47)42(41(23)3)28-15-9-6-10-16-28)40-34(44)24(2)49-30-17-11-14-27(21-30)38-36(46)31(39-35(45)25-12-7-5-8-13-25)20-26-18-19-29(43)22-32(26)48-4/h5-22,24,43H,1-4H3,(H,38,46)(H,39,45)(H,40,44)/b31-20+. The van der Waals surface area contributed by atoms with Gasteiger partial charge in [-0.2, -0.15) is 0 Å². The van der Waals surface area contributed by atoms with Crippen LogP contribution in [-0.2, 0) is 16.6 Å². The molecule has 11 nitrogen and oxygen atoms in total. The number of carbonyl (C=O) groups excluding carboxylic acids is 3. The van der Waals surface area contributed by atoms with Crippen molar-refractivity contribution in [2.24, 2.45) is 7.05 Å². The minimum atomic E-state index is -0.610. The third kappa shape index (κ3) is 8.11. The Hall–Kier alpha value is -6.01. The van der Waals surface area contributed by atoms with Crippen molar-refractivity contribution in [3.05, 3.63) is 136 Å². The van der Waals surface area contributed by atoms with Crippen molar-refractivity contribution >= 4 is 46.9 Å². The Bertz CT molecular complexity index is 2090. The van der Waals surface area contributed by atoms with E-state index in [1.54, 1.807) is 86.2 Å². The first-order chi connectivity index (χ1) is 23.5. The molecule has 5 aromatic rings. The van der Waals surface area contributed by atoms with Crippen molar-refractivity contribution in [1.82, 2.24) is 14.7 Å². The average molecular weight is 678 g/mol. The summed E-state index contributed by atoms with van der Waals surface area (Å²) in [6.07, 6.45) is 1.46. The summed E-state index contributed by atoms with van der Waals surface area (Å²) in [6, 6.07) is 29.0. The first-order valence-electron chi connectivity index (χ1n) is 15.2. The monoisotopic (exact) mass is 677 g/mol. The van der Waals surface area contributed by atoms with E-state index < -0.39 is 17.1 Å². The number of carbonyl (C=O) groups is 3. The number of nitrogens with zero attached hydrogens (tertiary/aromatic N) is 2. The molecular formula is C37H35N5O6S. The second kappa shape index (κ2) is 15.3. The minimum Gasteiger partial charge on any atom is -0.508 e. The highest BCUT2D eigenvalue weighted by Gasteiger charge is 2.22. The molecule has 0 aliphatic carbocycles. The van der Waals surface area contributed by atoms with Crippen LogP contribution < -0.4 is 26.2 Å². The van der Waals surface area contributed by atoms with Gasteiger partial charge >= 0.3 is 0 Å². The number of para-hydroxylation sites is 1. The van der Waals surface area contributed by atoms with Gasteiger partial charge in [-0.1, -0.05) is 42.5 Å². The summed E-state index contributed by atoms with van der Waals surface area (Å²) >= 11 is 1.25. The van der Waals surface area contributed by atoms with Crippen molar-refractivity contribution in [1.29, 1.82) is 0 Å². The molecule has 4 aromatic carbocycles. The van der Waals surface area contributed by atoms with Crippen molar-refractivity contribution in [2.75, 3.05) is 17.7 Å². The average Bonchev–Trinajstić information content (AvgIpc) is 3.31. The third-order valence-electron chi connectivity index (χ3n) is 7.62. The fourth-order valence-electron chi connectivity index (χ4n) is 4.96. The normalized spacial score (nSPS) is 11.8. The first kappa shape index (κ1) is 34.3. The lowest BCUT2D eigenvalue weighted by atomic mass is 10.1. The molecule has 3 amide bonds. The molecule has 1 atom stereocenters. The van der Waals surface area contributed by atoms with Gasteiger partial charge in [-0.15, -0.1) is 11.8 Å². The summed E-state index contributed by atoms with van der Waals surface area (Å²) in [6.45, 7) is 3.49. The smallest absolute Gasteiger partial charge is 0.295 e. The van der Waals surface area contributed by atoms with Crippen molar-refractivity contribution in [2.45, 2.75) is 24.0 Å². The second-order valence-electron chi connectivity index (χ2n) is 11.0. The Morgan fingerprint density at radius 1 is 0.898 bits per heavy atom. The lowest BCUT2D eigenvalue weighted by Crippen LogP contribution is -2.30. The number of anilines is 2. The summed E-state index contributed by atoms with van der Waals surface area (Å²) in [5.74, 6) is -1.18. The number of phenolic OH excluding ortho intramolecular Hbond substituents is 1. The summed E-state index contributed by atoms with van der Waals surface area (Å²) in [5, 5.41) is 17.6. The molecule has 0 saturated carbocycles. The van der Waals surface area contributed by atoms with Gasteiger partial charge in [0, 0.05) is 34.8 Å². The van der Waals surface area contributed by atoms with Crippen LogP contribution in [0.5, 0.6) is 11.5 Å². The zero-order valence-corrected chi connectivity index (χ0v) is 28.1. The minimum absolute atomic E-state index is 0.0197. The van der Waals surface area contributed by atoms with E-state index in [9.17, 15) is 24.3 Å². The number of benzene rings is 4. The van der Waals surface area contributed by atoms with Crippen molar-refractivity contribution in [3.63, 3.8) is 0 Å². The highest BCUT2D eigenvalue weighted by atomic mass is 32.2. The topological polar surface area (TPSA) is 144 Å². The number of hydrogen-bond donors (Lipinski definition) is 4. The fourth-order valence-corrected chi connectivity index (χ4v) is 5.88. The number of thioether (sulfide) groups is 1. The van der Waals surface area contributed by atoms with Crippen molar-refractivity contribution in [3.8, 4) is 17.2 Å². The predicted molar refractivity (Wildman–Crippen MR) is 191 cm³/mol. The predicted octanol–water partition coefficient (Wildman–Crippen LogP) is 5.73. The van der Waals surface area contributed by atoms with Crippen LogP contribution in [-0.4, -0.2) is 44.6 Å². The number of amides is 3.